The second-order valence-electron chi connectivity index (χ2n) is 4.24. The van der Waals surface area contributed by atoms with Gasteiger partial charge in [0.25, 0.3) is 0 Å². The molecular formula is C9H12N4O. The lowest BCUT2D eigenvalue weighted by Gasteiger charge is -2.16. The first-order valence-electron chi connectivity index (χ1n) is 4.43. The number of aromatic nitrogens is 4. The summed E-state index contributed by atoms with van der Waals surface area (Å²) < 4.78 is 1.25. The minimum absolute atomic E-state index is 0.162. The fourth-order valence-corrected chi connectivity index (χ4v) is 1.19. The van der Waals surface area contributed by atoms with Crippen molar-refractivity contribution in [3.8, 4) is 0 Å². The highest BCUT2D eigenvalue weighted by atomic mass is 16.1. The van der Waals surface area contributed by atoms with Crippen molar-refractivity contribution in [2.45, 2.75) is 26.2 Å². The van der Waals surface area contributed by atoms with Gasteiger partial charge in [-0.15, -0.1) is 0 Å². The fraction of sp³-hybridized carbons (Fsp3) is 0.444. The first-order chi connectivity index (χ1) is 6.48. The van der Waals surface area contributed by atoms with Crippen LogP contribution >= 0.6 is 0 Å². The van der Waals surface area contributed by atoms with Crippen molar-refractivity contribution in [2.75, 3.05) is 0 Å². The average Bonchev–Trinajstić information content (AvgIpc) is 2.50. The molecule has 0 fully saturated rings. The molecule has 0 radical (unpaired) electrons. The van der Waals surface area contributed by atoms with Crippen LogP contribution in [0.15, 0.2) is 17.1 Å². The molecule has 0 atom stereocenters. The Balaban J connectivity index is 2.77. The van der Waals surface area contributed by atoms with Crippen molar-refractivity contribution in [1.82, 2.24) is 19.6 Å². The second-order valence-corrected chi connectivity index (χ2v) is 4.24. The van der Waals surface area contributed by atoms with E-state index in [0.29, 0.717) is 11.5 Å². The molecule has 0 aliphatic heterocycles. The number of H-pyrrole nitrogens is 1. The number of fused-ring (bicyclic) bond motifs is 1. The number of nitrogens with zero attached hydrogens (tertiary/aromatic N) is 3. The van der Waals surface area contributed by atoms with E-state index in [4.69, 9.17) is 0 Å². The summed E-state index contributed by atoms with van der Waals surface area (Å²) in [6.45, 7) is 5.99. The van der Waals surface area contributed by atoms with E-state index in [1.165, 1.54) is 4.52 Å². The Morgan fingerprint density at radius 2 is 2.14 bits per heavy atom. The summed E-state index contributed by atoms with van der Waals surface area (Å²) in [7, 11) is 0. The van der Waals surface area contributed by atoms with Gasteiger partial charge in [0.1, 0.15) is 5.82 Å². The Hall–Kier alpha value is -1.65. The number of hydrogen-bond donors (Lipinski definition) is 1. The molecule has 14 heavy (non-hydrogen) atoms. The summed E-state index contributed by atoms with van der Waals surface area (Å²) in [5, 5.41) is 3.85. The largest absolute Gasteiger partial charge is 0.349 e. The molecule has 0 saturated carbocycles. The highest BCUT2D eigenvalue weighted by molar-refractivity contribution is 5.35. The van der Waals surface area contributed by atoms with Crippen LogP contribution in [0.2, 0.25) is 0 Å². The SMILES string of the molecule is CC(C)(C)c1nc2ccnn2c(=O)[nH]1. The van der Waals surface area contributed by atoms with Gasteiger partial charge in [-0.2, -0.15) is 9.61 Å². The van der Waals surface area contributed by atoms with Crippen molar-refractivity contribution in [3.05, 3.63) is 28.6 Å². The van der Waals surface area contributed by atoms with Crippen molar-refractivity contribution in [2.24, 2.45) is 0 Å². The zero-order chi connectivity index (χ0) is 10.3. The summed E-state index contributed by atoms with van der Waals surface area (Å²) in [5.41, 5.74) is 0.175. The Kier molecular flexibility index (Phi) is 1.70. The Morgan fingerprint density at radius 1 is 1.43 bits per heavy atom. The van der Waals surface area contributed by atoms with Crippen molar-refractivity contribution in [3.63, 3.8) is 0 Å². The standard InChI is InChI=1S/C9H12N4O/c1-9(2,3)7-11-6-4-5-10-13(6)8(14)12-7/h4-5H,1-3H3,(H,11,12,14). The van der Waals surface area contributed by atoms with Gasteiger partial charge in [-0.25, -0.2) is 9.78 Å². The quantitative estimate of drug-likeness (QED) is 0.668. The molecule has 0 saturated heterocycles. The summed E-state index contributed by atoms with van der Waals surface area (Å²) >= 11 is 0. The topological polar surface area (TPSA) is 63.1 Å². The van der Waals surface area contributed by atoms with E-state index < -0.39 is 0 Å². The van der Waals surface area contributed by atoms with Gasteiger partial charge in [-0.05, 0) is 0 Å². The minimum Gasteiger partial charge on any atom is -0.293 e. The molecule has 2 rings (SSSR count). The summed E-state index contributed by atoms with van der Waals surface area (Å²) in [6, 6.07) is 1.71. The average molecular weight is 192 g/mol. The monoisotopic (exact) mass is 192 g/mol. The lowest BCUT2D eigenvalue weighted by Crippen LogP contribution is -2.26. The van der Waals surface area contributed by atoms with Crippen LogP contribution in [0.3, 0.4) is 0 Å². The van der Waals surface area contributed by atoms with Gasteiger partial charge in [0.2, 0.25) is 0 Å². The molecule has 0 amide bonds. The van der Waals surface area contributed by atoms with E-state index >= 15 is 0 Å². The maximum atomic E-state index is 11.5. The smallest absolute Gasteiger partial charge is 0.293 e. The van der Waals surface area contributed by atoms with Gasteiger partial charge >= 0.3 is 5.69 Å². The molecule has 5 heteroatoms. The number of nitrogens with one attached hydrogen (secondary N) is 1. The molecule has 0 bridgehead atoms. The predicted octanol–water partition coefficient (Wildman–Crippen LogP) is 0.715. The van der Waals surface area contributed by atoms with Crippen LogP contribution in [0.5, 0.6) is 0 Å². The molecule has 74 valence electrons. The van der Waals surface area contributed by atoms with Gasteiger partial charge in [0.05, 0.1) is 6.20 Å². The molecule has 2 aromatic rings. The zero-order valence-corrected chi connectivity index (χ0v) is 8.40. The van der Waals surface area contributed by atoms with Gasteiger partial charge in [0.15, 0.2) is 5.65 Å². The predicted molar refractivity (Wildman–Crippen MR) is 52.3 cm³/mol. The highest BCUT2D eigenvalue weighted by Gasteiger charge is 2.17. The Bertz CT molecular complexity index is 517. The van der Waals surface area contributed by atoms with Crippen LogP contribution in [0.25, 0.3) is 5.65 Å². The maximum absolute atomic E-state index is 11.5. The maximum Gasteiger partial charge on any atom is 0.349 e. The minimum atomic E-state index is -0.245. The molecule has 5 nitrogen and oxygen atoms in total. The van der Waals surface area contributed by atoms with Crippen molar-refractivity contribution in [1.29, 1.82) is 0 Å². The van der Waals surface area contributed by atoms with E-state index in [1.54, 1.807) is 12.3 Å². The van der Waals surface area contributed by atoms with Gasteiger partial charge in [0, 0.05) is 11.5 Å². The third-order valence-corrected chi connectivity index (χ3v) is 1.98. The first kappa shape index (κ1) is 8.93. The third kappa shape index (κ3) is 1.30. The van der Waals surface area contributed by atoms with Crippen LogP contribution in [-0.4, -0.2) is 19.6 Å². The highest BCUT2D eigenvalue weighted by Crippen LogP contribution is 2.16. The van der Waals surface area contributed by atoms with Crippen LogP contribution in [-0.2, 0) is 5.41 Å². The molecule has 0 aliphatic carbocycles. The molecule has 1 N–H and O–H groups in total. The van der Waals surface area contributed by atoms with Gasteiger partial charge in [-0.3, -0.25) is 4.98 Å². The van der Waals surface area contributed by atoms with E-state index in [1.807, 2.05) is 20.8 Å². The second kappa shape index (κ2) is 2.67. The van der Waals surface area contributed by atoms with E-state index in [9.17, 15) is 4.79 Å². The van der Waals surface area contributed by atoms with Crippen LogP contribution in [0, 0.1) is 0 Å². The normalized spacial score (nSPS) is 12.2. The first-order valence-corrected chi connectivity index (χ1v) is 4.43. The molecule has 0 aliphatic rings. The lowest BCUT2D eigenvalue weighted by molar-refractivity contribution is 0.537. The zero-order valence-electron chi connectivity index (χ0n) is 8.40. The molecular weight excluding hydrogens is 180 g/mol. The fourth-order valence-electron chi connectivity index (χ4n) is 1.19. The van der Waals surface area contributed by atoms with Gasteiger partial charge in [-0.1, -0.05) is 20.8 Å². The third-order valence-electron chi connectivity index (χ3n) is 1.98. The molecule has 2 aromatic heterocycles. The van der Waals surface area contributed by atoms with Crippen molar-refractivity contribution >= 4 is 5.65 Å². The summed E-state index contributed by atoms with van der Waals surface area (Å²) in [6.07, 6.45) is 1.56. The van der Waals surface area contributed by atoms with E-state index in [0.717, 1.165) is 0 Å². The summed E-state index contributed by atoms with van der Waals surface area (Å²) in [4.78, 5) is 18.5. The molecule has 0 aromatic carbocycles. The van der Waals surface area contributed by atoms with Crippen molar-refractivity contribution < 1.29 is 0 Å². The number of hydrogen-bond acceptors (Lipinski definition) is 3. The number of aromatic amines is 1. The lowest BCUT2D eigenvalue weighted by atomic mass is 9.96. The van der Waals surface area contributed by atoms with Gasteiger partial charge < -0.3 is 0 Å². The van der Waals surface area contributed by atoms with Crippen LogP contribution in [0.1, 0.15) is 26.6 Å². The number of rotatable bonds is 0. The van der Waals surface area contributed by atoms with Crippen LogP contribution < -0.4 is 5.69 Å². The molecule has 2 heterocycles. The Morgan fingerprint density at radius 3 is 2.79 bits per heavy atom. The Labute approximate surface area is 80.8 Å². The van der Waals surface area contributed by atoms with E-state index in [-0.39, 0.29) is 11.1 Å². The van der Waals surface area contributed by atoms with E-state index in [2.05, 4.69) is 15.1 Å². The molecule has 0 spiro atoms. The molecule has 0 unspecified atom stereocenters. The van der Waals surface area contributed by atoms with Crippen LogP contribution in [0.4, 0.5) is 0 Å². The summed E-state index contributed by atoms with van der Waals surface area (Å²) in [5.74, 6) is 0.676.